The predicted octanol–water partition coefficient (Wildman–Crippen LogP) is 2.93. The highest BCUT2D eigenvalue weighted by Gasteiger charge is 2.23. The molecule has 1 heterocycles. The zero-order valence-electron chi connectivity index (χ0n) is 7.80. The lowest BCUT2D eigenvalue weighted by Gasteiger charge is -2.32. The average Bonchev–Trinajstić information content (AvgIpc) is 2.02. The van der Waals surface area contributed by atoms with Gasteiger partial charge in [-0.15, -0.1) is 0 Å². The number of alkyl halides is 2. The highest BCUT2D eigenvalue weighted by Crippen LogP contribution is 2.25. The summed E-state index contributed by atoms with van der Waals surface area (Å²) in [5, 5.41) is 0. The normalized spacial score (nSPS) is 17.2. The Hall–Kier alpha value is -1.12. The van der Waals surface area contributed by atoms with Crippen molar-refractivity contribution in [1.29, 1.82) is 0 Å². The molecule has 72 valence electrons. The summed E-state index contributed by atoms with van der Waals surface area (Å²) in [5.41, 5.74) is 0.648. The van der Waals surface area contributed by atoms with Gasteiger partial charge in [0.05, 0.1) is 5.70 Å². The van der Waals surface area contributed by atoms with Gasteiger partial charge in [0.1, 0.15) is 0 Å². The number of nitrogens with zero attached hydrogens (tertiary/aromatic N) is 1. The minimum atomic E-state index is -2.44. The molecule has 0 saturated carbocycles. The van der Waals surface area contributed by atoms with Crippen LogP contribution in [-0.4, -0.2) is 17.4 Å². The van der Waals surface area contributed by atoms with Gasteiger partial charge in [0.2, 0.25) is 0 Å². The topological polar surface area (TPSA) is 3.24 Å². The van der Waals surface area contributed by atoms with E-state index in [9.17, 15) is 8.78 Å². The average molecular weight is 185 g/mol. The molecule has 0 spiro atoms. The first-order valence-electron chi connectivity index (χ1n) is 4.18. The molecular weight excluding hydrogens is 172 g/mol. The molecule has 0 N–H and O–H groups in total. The summed E-state index contributed by atoms with van der Waals surface area (Å²) >= 11 is 0. The Kier molecular flexibility index (Phi) is 2.86. The fourth-order valence-corrected chi connectivity index (χ4v) is 1.39. The van der Waals surface area contributed by atoms with Crippen LogP contribution in [0.15, 0.2) is 36.2 Å². The quantitative estimate of drug-likeness (QED) is 0.639. The van der Waals surface area contributed by atoms with Crippen LogP contribution in [0.25, 0.3) is 0 Å². The van der Waals surface area contributed by atoms with E-state index < -0.39 is 6.43 Å². The van der Waals surface area contributed by atoms with Crippen LogP contribution in [0.3, 0.4) is 0 Å². The number of hydrogen-bond acceptors (Lipinski definition) is 1. The molecule has 1 aliphatic rings. The van der Waals surface area contributed by atoms with Crippen molar-refractivity contribution >= 4 is 0 Å². The summed E-state index contributed by atoms with van der Waals surface area (Å²) in [7, 11) is 0. The van der Waals surface area contributed by atoms with Gasteiger partial charge in [-0.3, -0.25) is 0 Å². The Bertz CT molecular complexity index is 264. The zero-order chi connectivity index (χ0) is 10.0. The molecule has 0 saturated heterocycles. The molecule has 0 aliphatic carbocycles. The van der Waals surface area contributed by atoms with Crippen molar-refractivity contribution in [3.63, 3.8) is 0 Å². The van der Waals surface area contributed by atoms with Gasteiger partial charge in [-0.2, -0.15) is 0 Å². The lowest BCUT2D eigenvalue weighted by molar-refractivity contribution is 0.142. The van der Waals surface area contributed by atoms with E-state index in [1.165, 1.54) is 6.08 Å². The molecule has 0 unspecified atom stereocenters. The smallest absolute Gasteiger partial charge is 0.278 e. The predicted molar refractivity (Wildman–Crippen MR) is 49.3 cm³/mol. The number of allylic oxidation sites excluding steroid dienone is 4. The Morgan fingerprint density at radius 3 is 2.38 bits per heavy atom. The minimum Gasteiger partial charge on any atom is -0.338 e. The maximum Gasteiger partial charge on any atom is 0.278 e. The lowest BCUT2D eigenvalue weighted by Crippen LogP contribution is -2.32. The Morgan fingerprint density at radius 1 is 1.38 bits per heavy atom. The van der Waals surface area contributed by atoms with Gasteiger partial charge in [0, 0.05) is 11.7 Å². The van der Waals surface area contributed by atoms with E-state index in [1.54, 1.807) is 17.1 Å². The fourth-order valence-electron chi connectivity index (χ4n) is 1.39. The van der Waals surface area contributed by atoms with Crippen LogP contribution in [0.1, 0.15) is 13.8 Å². The second-order valence-corrected chi connectivity index (χ2v) is 3.21. The van der Waals surface area contributed by atoms with E-state index in [1.807, 2.05) is 13.8 Å². The first kappa shape index (κ1) is 9.96. The number of rotatable bonds is 2. The fraction of sp³-hybridized carbons (Fsp3) is 0.400. The van der Waals surface area contributed by atoms with Crippen molar-refractivity contribution in [3.05, 3.63) is 36.2 Å². The zero-order valence-corrected chi connectivity index (χ0v) is 7.80. The molecule has 1 rings (SSSR count). The molecule has 0 fully saturated rings. The maximum absolute atomic E-state index is 12.5. The van der Waals surface area contributed by atoms with Gasteiger partial charge in [0.25, 0.3) is 6.43 Å². The van der Waals surface area contributed by atoms with E-state index >= 15 is 0 Å². The lowest BCUT2D eigenvalue weighted by atomic mass is 10.1. The van der Waals surface area contributed by atoms with Gasteiger partial charge in [-0.25, -0.2) is 8.78 Å². The summed E-state index contributed by atoms with van der Waals surface area (Å²) < 4.78 is 25.0. The minimum absolute atomic E-state index is 0.0118. The van der Waals surface area contributed by atoms with Crippen molar-refractivity contribution in [2.75, 3.05) is 0 Å². The van der Waals surface area contributed by atoms with Crippen LogP contribution in [0, 0.1) is 0 Å². The largest absolute Gasteiger partial charge is 0.338 e. The van der Waals surface area contributed by atoms with E-state index in [-0.39, 0.29) is 11.7 Å². The summed E-state index contributed by atoms with van der Waals surface area (Å²) in [6.07, 6.45) is 2.32. The Balaban J connectivity index is 2.96. The first-order valence-corrected chi connectivity index (χ1v) is 4.18. The van der Waals surface area contributed by atoms with Crippen molar-refractivity contribution < 1.29 is 8.78 Å². The number of halogens is 2. The van der Waals surface area contributed by atoms with Gasteiger partial charge >= 0.3 is 0 Å². The first-order chi connectivity index (χ1) is 6.04. The standard InChI is InChI=1S/C10H13F2N/c1-7(2)13-8(3)5-4-6-9(13)10(11)12/h4-7,10H,3H2,1-2H3. The Labute approximate surface area is 77.0 Å². The Morgan fingerprint density at radius 2 is 2.00 bits per heavy atom. The molecule has 0 bridgehead atoms. The van der Waals surface area contributed by atoms with E-state index in [4.69, 9.17) is 0 Å². The highest BCUT2D eigenvalue weighted by atomic mass is 19.3. The van der Waals surface area contributed by atoms with Crippen LogP contribution in [-0.2, 0) is 0 Å². The molecule has 0 atom stereocenters. The van der Waals surface area contributed by atoms with Crippen molar-refractivity contribution in [1.82, 2.24) is 4.90 Å². The molecule has 0 aromatic rings. The summed E-state index contributed by atoms with van der Waals surface area (Å²) in [5.74, 6) is 0. The van der Waals surface area contributed by atoms with Gasteiger partial charge < -0.3 is 4.90 Å². The molecule has 1 aliphatic heterocycles. The second-order valence-electron chi connectivity index (χ2n) is 3.21. The van der Waals surface area contributed by atoms with Crippen molar-refractivity contribution in [2.24, 2.45) is 0 Å². The summed E-state index contributed by atoms with van der Waals surface area (Å²) in [6.45, 7) is 7.44. The molecule has 0 radical (unpaired) electrons. The molecule has 0 aromatic heterocycles. The van der Waals surface area contributed by atoms with Crippen LogP contribution in [0.5, 0.6) is 0 Å². The highest BCUT2D eigenvalue weighted by molar-refractivity contribution is 5.32. The van der Waals surface area contributed by atoms with Gasteiger partial charge in [0.15, 0.2) is 0 Å². The molecular formula is C10H13F2N. The van der Waals surface area contributed by atoms with Crippen molar-refractivity contribution in [3.8, 4) is 0 Å². The van der Waals surface area contributed by atoms with E-state index in [0.717, 1.165) is 0 Å². The SMILES string of the molecule is C=C1C=CC=C(C(F)F)N1C(C)C. The second kappa shape index (κ2) is 3.73. The third-order valence-electron chi connectivity index (χ3n) is 1.88. The molecule has 0 aromatic carbocycles. The van der Waals surface area contributed by atoms with E-state index in [0.29, 0.717) is 5.70 Å². The van der Waals surface area contributed by atoms with Gasteiger partial charge in [-0.05, 0) is 26.0 Å². The molecule has 1 nitrogen and oxygen atoms in total. The molecule has 0 amide bonds. The molecule has 13 heavy (non-hydrogen) atoms. The summed E-state index contributed by atoms with van der Waals surface area (Å²) in [6, 6.07) is 0.0118. The third kappa shape index (κ3) is 1.97. The maximum atomic E-state index is 12.5. The van der Waals surface area contributed by atoms with Gasteiger partial charge in [-0.1, -0.05) is 12.7 Å². The molecule has 3 heteroatoms. The monoisotopic (exact) mass is 185 g/mol. The van der Waals surface area contributed by atoms with Crippen LogP contribution >= 0.6 is 0 Å². The summed E-state index contributed by atoms with van der Waals surface area (Å²) in [4.78, 5) is 1.55. The number of hydrogen-bond donors (Lipinski definition) is 0. The van der Waals surface area contributed by atoms with Crippen molar-refractivity contribution in [2.45, 2.75) is 26.3 Å². The van der Waals surface area contributed by atoms with E-state index in [2.05, 4.69) is 6.58 Å². The van der Waals surface area contributed by atoms with Crippen LogP contribution in [0.2, 0.25) is 0 Å². The third-order valence-corrected chi connectivity index (χ3v) is 1.88. The van der Waals surface area contributed by atoms with Crippen LogP contribution < -0.4 is 0 Å². The van der Waals surface area contributed by atoms with Crippen LogP contribution in [0.4, 0.5) is 8.78 Å².